The Balaban J connectivity index is -0.000000914. The zero-order valence-electron chi connectivity index (χ0n) is 42.7. The van der Waals surface area contributed by atoms with Crippen LogP contribution in [0.25, 0.3) is 0 Å². The van der Waals surface area contributed by atoms with E-state index in [1.54, 1.807) is 24.3 Å². The molecule has 2 aromatic rings. The van der Waals surface area contributed by atoms with Crippen molar-refractivity contribution in [3.05, 3.63) is 109 Å². The van der Waals surface area contributed by atoms with Crippen molar-refractivity contribution < 1.29 is 38.9 Å². The van der Waals surface area contributed by atoms with Crippen LogP contribution in [-0.4, -0.2) is 61.0 Å². The van der Waals surface area contributed by atoms with E-state index in [9.17, 15) is 29.4 Å². The number of allylic oxidation sites excluding steroid dienone is 4. The molecule has 0 fully saturated rings. The van der Waals surface area contributed by atoms with Gasteiger partial charge in [-0.1, -0.05) is 244 Å². The van der Waals surface area contributed by atoms with Crippen molar-refractivity contribution in [1.82, 2.24) is 0 Å². The Morgan fingerprint density at radius 3 is 1.00 bits per heavy atom. The van der Waals surface area contributed by atoms with Crippen LogP contribution >= 0.6 is 0 Å². The average molecular weight is 1040 g/mol. The zero-order valence-corrected chi connectivity index (χ0v) is 45.6. The van der Waals surface area contributed by atoms with E-state index in [1.165, 1.54) is 153 Å². The summed E-state index contributed by atoms with van der Waals surface area (Å²) in [5, 5.41) is 22.0. The third-order valence-electron chi connectivity index (χ3n) is 10.7. The van der Waals surface area contributed by atoms with E-state index in [0.717, 1.165) is 64.2 Å². The summed E-state index contributed by atoms with van der Waals surface area (Å²) >= 11 is 0. The summed E-state index contributed by atoms with van der Waals surface area (Å²) < 4.78 is 10.3. The van der Waals surface area contributed by atoms with Crippen molar-refractivity contribution in [2.24, 2.45) is 0 Å². The van der Waals surface area contributed by atoms with Crippen LogP contribution in [0, 0.1) is 13.8 Å². The van der Waals surface area contributed by atoms with E-state index in [-0.39, 0.29) is 46.2 Å². The van der Waals surface area contributed by atoms with Gasteiger partial charge >= 0.3 is 35.8 Å². The second-order valence-electron chi connectivity index (χ2n) is 16.8. The second-order valence-corrected chi connectivity index (χ2v) is 16.8. The zero-order chi connectivity index (χ0) is 49.1. The van der Waals surface area contributed by atoms with E-state index in [2.05, 4.69) is 65.8 Å². The molecule has 0 aromatic heterocycles. The quantitative estimate of drug-likeness (QED) is 0.0285. The largest absolute Gasteiger partial charge is 2.00 e. The number of hydrogen-bond acceptors (Lipinski definition) is 8. The molecule has 0 unspecified atom stereocenters. The van der Waals surface area contributed by atoms with Crippen LogP contribution in [-0.2, 0) is 9.47 Å². The number of carboxylic acid groups (broad SMARTS) is 2. The average Bonchev–Trinajstić information content (AvgIpc) is 3.33. The van der Waals surface area contributed by atoms with Crippen LogP contribution in [0.15, 0.2) is 72.8 Å². The third kappa shape index (κ3) is 43.6. The van der Waals surface area contributed by atoms with Gasteiger partial charge in [-0.2, -0.15) is 0 Å². The molecule has 0 aliphatic heterocycles. The van der Waals surface area contributed by atoms with E-state index in [4.69, 9.17) is 9.47 Å². The monoisotopic (exact) mass is 1040 g/mol. The first-order valence-electron chi connectivity index (χ1n) is 26.0. The number of carboxylic acids is 2. The molecule has 8 nitrogen and oxygen atoms in total. The number of unbranched alkanes of at least 4 members (excludes halogenated alkanes) is 24. The maximum Gasteiger partial charge on any atom is 2.00 e. The molecule has 0 saturated heterocycles. The predicted octanol–water partition coefficient (Wildman–Crippen LogP) is 14.6. The van der Waals surface area contributed by atoms with E-state index in [1.807, 2.05) is 0 Å². The Bertz CT molecular complexity index is 1380. The minimum absolute atomic E-state index is 0. The topological polar surface area (TPSA) is 133 Å². The van der Waals surface area contributed by atoms with E-state index < -0.39 is 23.9 Å². The molecule has 0 N–H and O–H groups in total. The van der Waals surface area contributed by atoms with Gasteiger partial charge < -0.3 is 29.3 Å². The maximum absolute atomic E-state index is 11.9. The number of rotatable bonds is 36. The number of carbonyl (C=O) groups excluding carboxylic acids is 4. The molecule has 0 aliphatic rings. The minimum Gasteiger partial charge on any atom is -0.545 e. The maximum atomic E-state index is 11.9. The van der Waals surface area contributed by atoms with Gasteiger partial charge in [0, 0.05) is 11.1 Å². The summed E-state index contributed by atoms with van der Waals surface area (Å²) in [4.78, 5) is 45.8. The molecule has 67 heavy (non-hydrogen) atoms. The number of esters is 2. The van der Waals surface area contributed by atoms with Gasteiger partial charge in [0.1, 0.15) is 0 Å². The van der Waals surface area contributed by atoms with Crippen LogP contribution in [0.1, 0.15) is 262 Å². The van der Waals surface area contributed by atoms with Crippen molar-refractivity contribution in [2.45, 2.75) is 220 Å². The van der Waals surface area contributed by atoms with Crippen molar-refractivity contribution in [2.75, 3.05) is 13.2 Å². The van der Waals surface area contributed by atoms with Crippen molar-refractivity contribution in [3.63, 3.8) is 0 Å². The Morgan fingerprint density at radius 1 is 0.418 bits per heavy atom. The van der Waals surface area contributed by atoms with Crippen molar-refractivity contribution >= 4 is 47.8 Å². The number of benzene rings is 2. The van der Waals surface area contributed by atoms with Gasteiger partial charge in [-0.25, -0.2) is 9.59 Å². The van der Waals surface area contributed by atoms with E-state index >= 15 is 0 Å². The van der Waals surface area contributed by atoms with Gasteiger partial charge in [0.15, 0.2) is 0 Å². The molecule has 2 aromatic carbocycles. The summed E-state index contributed by atoms with van der Waals surface area (Å²) in [5.41, 5.74) is -0.137. The fraction of sp³-hybridized carbons (Fsp3) is 0.621. The molecule has 0 atom stereocenters. The molecule has 4 radical (unpaired) electrons. The fourth-order valence-electron chi connectivity index (χ4n) is 6.79. The Kier molecular flexibility index (Phi) is 54.2. The molecular formula is C58H92O8Sn. The van der Waals surface area contributed by atoms with Crippen LogP contribution in [0.2, 0.25) is 0 Å². The van der Waals surface area contributed by atoms with Gasteiger partial charge in [0.25, 0.3) is 0 Å². The summed E-state index contributed by atoms with van der Waals surface area (Å²) in [7, 11) is 0. The molecule has 376 valence electrons. The van der Waals surface area contributed by atoms with Gasteiger partial charge in [-0.05, 0) is 63.5 Å². The summed E-state index contributed by atoms with van der Waals surface area (Å²) in [6, 6.07) is 11.9. The first-order chi connectivity index (χ1) is 32.2. The standard InChI is InChI=1S/2C21H30O4.2C8H17.Sn/c2*1-2-3-4-5-6-7-8-9-10-11-14-17-25-21(24)19-16-13-12-15-18(19)20(22)23;2*1-3-5-7-8-6-4-2;/h2*3-4,12-13,15-16H,2,5-11,14,17H2,1H3,(H,22,23);2*1,3-8H2,2H3;/q;;;;+2/p-2/b2*4-3+;;;. The molecule has 0 saturated carbocycles. The summed E-state index contributed by atoms with van der Waals surface area (Å²) in [6.45, 7) is 17.0. The third-order valence-corrected chi connectivity index (χ3v) is 10.7. The molecular weight excluding hydrogens is 943 g/mol. The van der Waals surface area contributed by atoms with E-state index in [0.29, 0.717) is 13.2 Å². The van der Waals surface area contributed by atoms with Crippen LogP contribution in [0.3, 0.4) is 0 Å². The van der Waals surface area contributed by atoms with Gasteiger partial charge in [0.05, 0.1) is 36.3 Å². The fourth-order valence-corrected chi connectivity index (χ4v) is 6.79. The SMILES string of the molecule is CC/C=C/CCCCCCCCCOC(=O)c1ccccc1C(=O)[O-].CC/C=C/CCCCCCCCCOC(=O)c1ccccc1C(=O)[O-].[CH2]CCCCCCC.[CH2]CCCCCCC.[Sn+2]. The molecule has 0 heterocycles. The molecule has 0 bridgehead atoms. The predicted molar refractivity (Wildman–Crippen MR) is 278 cm³/mol. The normalized spacial score (nSPS) is 10.5. The van der Waals surface area contributed by atoms with Gasteiger partial charge in [-0.15, -0.1) is 0 Å². The molecule has 2 rings (SSSR count). The Labute approximate surface area is 426 Å². The first-order valence-corrected chi connectivity index (χ1v) is 26.0. The number of hydrogen-bond donors (Lipinski definition) is 0. The van der Waals surface area contributed by atoms with Crippen molar-refractivity contribution in [3.8, 4) is 0 Å². The Morgan fingerprint density at radius 2 is 0.701 bits per heavy atom. The number of ether oxygens (including phenoxy) is 2. The minimum atomic E-state index is -1.36. The summed E-state index contributed by atoms with van der Waals surface area (Å²) in [5.74, 6) is -3.92. The van der Waals surface area contributed by atoms with Crippen LogP contribution < -0.4 is 10.2 Å². The van der Waals surface area contributed by atoms with Gasteiger partial charge in [-0.3, -0.25) is 0 Å². The van der Waals surface area contributed by atoms with Crippen LogP contribution in [0.5, 0.6) is 0 Å². The summed E-state index contributed by atoms with van der Waals surface area (Å²) in [6.07, 6.45) is 45.4. The second kappa shape index (κ2) is 53.6. The van der Waals surface area contributed by atoms with Crippen LogP contribution in [0.4, 0.5) is 0 Å². The smallest absolute Gasteiger partial charge is 0.545 e. The molecule has 0 aliphatic carbocycles. The molecule has 0 spiro atoms. The molecule has 9 heteroatoms. The first kappa shape index (κ1) is 67.9. The van der Waals surface area contributed by atoms with Crippen molar-refractivity contribution in [1.29, 1.82) is 0 Å². The molecule has 0 amide bonds. The number of aromatic carboxylic acids is 2. The number of carbonyl (C=O) groups is 4. The van der Waals surface area contributed by atoms with Gasteiger partial charge in [0.2, 0.25) is 0 Å². The Hall–Kier alpha value is -3.40.